The van der Waals surface area contributed by atoms with Crippen molar-refractivity contribution in [3.63, 3.8) is 0 Å². The Labute approximate surface area is 129 Å². The van der Waals surface area contributed by atoms with Crippen molar-refractivity contribution in [2.24, 2.45) is 0 Å². The van der Waals surface area contributed by atoms with Crippen molar-refractivity contribution in [1.29, 1.82) is 0 Å². The molecule has 0 saturated heterocycles. The molecule has 0 spiro atoms. The number of rotatable bonds is 4. The predicted octanol–water partition coefficient (Wildman–Crippen LogP) is -0.396. The third-order valence-electron chi connectivity index (χ3n) is 0.836. The van der Waals surface area contributed by atoms with E-state index in [1.54, 1.807) is 6.08 Å². The third kappa shape index (κ3) is 15.1. The van der Waals surface area contributed by atoms with E-state index in [2.05, 4.69) is 13.2 Å². The van der Waals surface area contributed by atoms with Gasteiger partial charge in [0.25, 0.3) is 5.97 Å². The molecular formula is C10H15O2Rb. The van der Waals surface area contributed by atoms with Gasteiger partial charge in [0.2, 0.25) is 0 Å². The van der Waals surface area contributed by atoms with Crippen molar-refractivity contribution in [1.82, 2.24) is 0 Å². The molecule has 0 aliphatic rings. The molecule has 0 aromatic rings. The van der Waals surface area contributed by atoms with E-state index < -0.39 is 5.97 Å². The number of allylic oxidation sites excluding steroid dienone is 3. The van der Waals surface area contributed by atoms with Crippen LogP contribution in [-0.4, -0.2) is 11.1 Å². The van der Waals surface area contributed by atoms with Gasteiger partial charge in [0.15, 0.2) is 0 Å². The average molecular weight is 253 g/mol. The van der Waals surface area contributed by atoms with E-state index >= 15 is 0 Å². The van der Waals surface area contributed by atoms with E-state index in [4.69, 9.17) is 5.11 Å². The first-order valence-electron chi connectivity index (χ1n) is 3.73. The Kier molecular flexibility index (Phi) is 21.8. The molecule has 3 heteroatoms. The fourth-order valence-electron chi connectivity index (χ4n) is 0.454. The van der Waals surface area contributed by atoms with Gasteiger partial charge in [-0.15, -0.1) is 12.7 Å². The maximum Gasteiger partial charge on any atom is 1.00 e. The largest absolute Gasteiger partial charge is 1.00 e. The standard InChI is InChI=1S/C8H9O2.C2H6.Rb/c1-3-5-7(4-2)6-8(9)10;1-2;/h3-6H,1-2H2,(H,9,10);1-2H3;/q-1;;+1/b7-5+;;. The molecule has 0 atom stereocenters. The minimum atomic E-state index is -0.979. The van der Waals surface area contributed by atoms with E-state index in [0.717, 1.165) is 6.42 Å². The summed E-state index contributed by atoms with van der Waals surface area (Å²) < 4.78 is 0. The Morgan fingerprint density at radius 3 is 2.08 bits per heavy atom. The van der Waals surface area contributed by atoms with Crippen LogP contribution in [0.4, 0.5) is 0 Å². The van der Waals surface area contributed by atoms with Gasteiger partial charge < -0.3 is 5.11 Å². The number of hydrogen-bond acceptors (Lipinski definition) is 1. The molecular weight excluding hydrogens is 238 g/mol. The molecule has 13 heavy (non-hydrogen) atoms. The van der Waals surface area contributed by atoms with Crippen molar-refractivity contribution < 1.29 is 68.1 Å². The van der Waals surface area contributed by atoms with Gasteiger partial charge in [0.1, 0.15) is 0 Å². The SMILES string of the molecule is C=C/C=C(\C=C)[CH-]C(=O)O.CC.[Rb+]. The van der Waals surface area contributed by atoms with Crippen molar-refractivity contribution >= 4 is 5.97 Å². The summed E-state index contributed by atoms with van der Waals surface area (Å²) in [5.41, 5.74) is 0.544. The molecule has 0 radical (unpaired) electrons. The normalized spacial score (nSPS) is 8.31. The van der Waals surface area contributed by atoms with Crippen molar-refractivity contribution in [3.8, 4) is 0 Å². The van der Waals surface area contributed by atoms with E-state index in [0.29, 0.717) is 5.57 Å². The maximum atomic E-state index is 10.1. The minimum Gasteiger partial charge on any atom is -0.487 e. The summed E-state index contributed by atoms with van der Waals surface area (Å²) in [6, 6.07) is 0. The molecule has 0 bridgehead atoms. The summed E-state index contributed by atoms with van der Waals surface area (Å²) in [4.78, 5) is 10.1. The summed E-state index contributed by atoms with van der Waals surface area (Å²) in [6.45, 7) is 10.8. The summed E-state index contributed by atoms with van der Waals surface area (Å²) >= 11 is 0. The first-order chi connectivity index (χ1) is 5.70. The molecule has 2 nitrogen and oxygen atoms in total. The molecule has 0 saturated carbocycles. The zero-order valence-corrected chi connectivity index (χ0v) is 13.5. The summed E-state index contributed by atoms with van der Waals surface area (Å²) in [7, 11) is 0. The number of carboxylic acid groups (broad SMARTS) is 1. The Bertz CT molecular complexity index is 183. The molecule has 0 aromatic heterocycles. The van der Waals surface area contributed by atoms with Gasteiger partial charge in [-0.05, 0) is 0 Å². The van der Waals surface area contributed by atoms with Crippen LogP contribution in [0.5, 0.6) is 0 Å². The molecule has 0 aromatic carbocycles. The van der Waals surface area contributed by atoms with Crippen LogP contribution in [-0.2, 0) is 4.79 Å². The van der Waals surface area contributed by atoms with E-state index in [1.165, 1.54) is 12.2 Å². The molecule has 0 aliphatic heterocycles. The van der Waals surface area contributed by atoms with Crippen LogP contribution < -0.4 is 58.2 Å². The maximum absolute atomic E-state index is 10.1. The van der Waals surface area contributed by atoms with E-state index in [1.807, 2.05) is 13.8 Å². The fraction of sp³-hybridized carbons (Fsp3) is 0.200. The average Bonchev–Trinajstić information content (AvgIpc) is 2.07. The Hall–Kier alpha value is 0.365. The smallest absolute Gasteiger partial charge is 0.487 e. The van der Waals surface area contributed by atoms with Gasteiger partial charge in [-0.3, -0.25) is 4.79 Å². The Balaban J connectivity index is -0.000000309. The van der Waals surface area contributed by atoms with E-state index in [-0.39, 0.29) is 58.2 Å². The van der Waals surface area contributed by atoms with Gasteiger partial charge in [-0.25, -0.2) is 0 Å². The van der Waals surface area contributed by atoms with Gasteiger partial charge in [-0.1, -0.05) is 20.3 Å². The molecule has 0 fully saturated rings. The molecule has 0 unspecified atom stereocenters. The van der Waals surface area contributed by atoms with Crippen LogP contribution in [0.1, 0.15) is 13.8 Å². The van der Waals surface area contributed by atoms with Gasteiger partial charge in [0, 0.05) is 0 Å². The van der Waals surface area contributed by atoms with Gasteiger partial charge in [0.05, 0.1) is 0 Å². The second-order valence-electron chi connectivity index (χ2n) is 1.59. The number of carboxylic acids is 1. The zero-order valence-electron chi connectivity index (χ0n) is 8.58. The molecule has 1 N–H and O–H groups in total. The second kappa shape index (κ2) is 14.9. The molecule has 68 valence electrons. The van der Waals surface area contributed by atoms with Crippen LogP contribution in [0.3, 0.4) is 0 Å². The number of aliphatic carboxylic acids is 1. The monoisotopic (exact) mass is 252 g/mol. The Morgan fingerprint density at radius 1 is 1.38 bits per heavy atom. The van der Waals surface area contributed by atoms with Crippen molar-refractivity contribution in [3.05, 3.63) is 43.4 Å². The molecule has 0 aliphatic carbocycles. The van der Waals surface area contributed by atoms with Crippen LogP contribution in [0.2, 0.25) is 0 Å². The fourth-order valence-corrected chi connectivity index (χ4v) is 0.454. The first kappa shape index (κ1) is 19.0. The van der Waals surface area contributed by atoms with Gasteiger partial charge in [-0.2, -0.15) is 24.3 Å². The number of hydrogen-bond donors (Lipinski definition) is 1. The molecule has 0 heterocycles. The summed E-state index contributed by atoms with van der Waals surface area (Å²) in [6.07, 6.45) is 5.60. The minimum absolute atomic E-state index is 0. The van der Waals surface area contributed by atoms with Crippen LogP contribution in [0.25, 0.3) is 0 Å². The first-order valence-corrected chi connectivity index (χ1v) is 3.73. The number of carbonyl (C=O) groups is 1. The molecule has 0 rings (SSSR count). The van der Waals surface area contributed by atoms with E-state index in [9.17, 15) is 4.79 Å². The topological polar surface area (TPSA) is 37.3 Å². The predicted molar refractivity (Wildman–Crippen MR) is 51.8 cm³/mol. The second-order valence-corrected chi connectivity index (χ2v) is 1.59. The zero-order chi connectivity index (χ0) is 9.98. The van der Waals surface area contributed by atoms with Crippen molar-refractivity contribution in [2.45, 2.75) is 13.8 Å². The van der Waals surface area contributed by atoms with Crippen LogP contribution in [0.15, 0.2) is 37.0 Å². The van der Waals surface area contributed by atoms with Crippen molar-refractivity contribution in [2.75, 3.05) is 0 Å². The molecule has 0 amide bonds. The Morgan fingerprint density at radius 2 is 1.85 bits per heavy atom. The third-order valence-corrected chi connectivity index (χ3v) is 0.836. The van der Waals surface area contributed by atoms with Crippen LogP contribution >= 0.6 is 0 Å². The summed E-state index contributed by atoms with van der Waals surface area (Å²) in [5.74, 6) is -0.979. The van der Waals surface area contributed by atoms with Gasteiger partial charge >= 0.3 is 58.2 Å². The quantitative estimate of drug-likeness (QED) is 0.546. The van der Waals surface area contributed by atoms with Crippen LogP contribution in [0, 0.1) is 6.42 Å². The summed E-state index contributed by atoms with van der Waals surface area (Å²) in [5, 5.41) is 8.26.